The summed E-state index contributed by atoms with van der Waals surface area (Å²) in [6.45, 7) is 2.85. The molecule has 0 saturated heterocycles. The van der Waals surface area contributed by atoms with Crippen LogP contribution in [0, 0.1) is 0 Å². The molecule has 0 atom stereocenters. The molecule has 0 aromatic heterocycles. The van der Waals surface area contributed by atoms with Crippen LogP contribution in [0.15, 0.2) is 78.9 Å². The van der Waals surface area contributed by atoms with Gasteiger partial charge in [-0.1, -0.05) is 112 Å². The number of hydrogen-bond acceptors (Lipinski definition) is 4. The normalized spacial score (nSPS) is 10.7. The quantitative estimate of drug-likeness (QED) is 0.153. The number of carbonyl (C=O) groups is 2. The molecule has 6 heteroatoms. The molecule has 2 amide bonds. The Labute approximate surface area is 233 Å². The summed E-state index contributed by atoms with van der Waals surface area (Å²) in [5.74, 6) is 0.834. The van der Waals surface area contributed by atoms with E-state index in [2.05, 4.69) is 17.6 Å². The highest BCUT2D eigenvalue weighted by Gasteiger charge is 2.20. The molecule has 2 N–H and O–H groups in total. The third-order valence-electron chi connectivity index (χ3n) is 6.55. The van der Waals surface area contributed by atoms with Crippen molar-refractivity contribution < 1.29 is 19.1 Å². The lowest BCUT2D eigenvalue weighted by atomic mass is 10.1. The zero-order valence-corrected chi connectivity index (χ0v) is 23.3. The van der Waals surface area contributed by atoms with Gasteiger partial charge in [0, 0.05) is 0 Å². The van der Waals surface area contributed by atoms with E-state index in [1.54, 1.807) is 7.11 Å². The van der Waals surface area contributed by atoms with Crippen LogP contribution in [0.3, 0.4) is 0 Å². The largest absolute Gasteiger partial charge is 0.493 e. The first-order valence-corrected chi connectivity index (χ1v) is 14.1. The summed E-state index contributed by atoms with van der Waals surface area (Å²) in [6.07, 6.45) is 8.21. The van der Waals surface area contributed by atoms with Crippen molar-refractivity contribution in [3.8, 4) is 11.5 Å². The summed E-state index contributed by atoms with van der Waals surface area (Å²) >= 11 is 0. The van der Waals surface area contributed by atoms with E-state index in [9.17, 15) is 9.59 Å². The minimum absolute atomic E-state index is 0.190. The molecule has 3 rings (SSSR count). The summed E-state index contributed by atoms with van der Waals surface area (Å²) in [4.78, 5) is 25.8. The summed E-state index contributed by atoms with van der Waals surface area (Å²) in [6, 6.07) is 24.6. The number of ether oxygens (including phenoxy) is 2. The smallest absolute Gasteiger partial charge is 0.226 e. The average Bonchev–Trinajstić information content (AvgIpc) is 2.95. The van der Waals surface area contributed by atoms with Gasteiger partial charge in [0.15, 0.2) is 11.5 Å². The SMILES string of the molecule is CCCCCCCCCOc1ccc(C(NC(=O)Cc2ccccc2)NC(=O)Cc2ccccc2)cc1OC. The number of methoxy groups -OCH3 is 1. The van der Waals surface area contributed by atoms with Gasteiger partial charge in [-0.3, -0.25) is 9.59 Å². The third-order valence-corrected chi connectivity index (χ3v) is 6.55. The molecule has 0 bridgehead atoms. The van der Waals surface area contributed by atoms with Crippen molar-refractivity contribution in [3.63, 3.8) is 0 Å². The molecule has 0 aliphatic rings. The number of rotatable bonds is 17. The van der Waals surface area contributed by atoms with Crippen LogP contribution in [0.2, 0.25) is 0 Å². The van der Waals surface area contributed by atoms with Gasteiger partial charge in [-0.2, -0.15) is 0 Å². The Kier molecular flexibility index (Phi) is 12.9. The molecular formula is C33H42N2O4. The molecule has 0 spiro atoms. The zero-order valence-electron chi connectivity index (χ0n) is 23.3. The van der Waals surface area contributed by atoms with Crippen LogP contribution in [0.4, 0.5) is 0 Å². The van der Waals surface area contributed by atoms with E-state index >= 15 is 0 Å². The molecule has 3 aromatic carbocycles. The van der Waals surface area contributed by atoms with E-state index < -0.39 is 6.17 Å². The van der Waals surface area contributed by atoms with Crippen LogP contribution in [0.1, 0.15) is 74.7 Å². The lowest BCUT2D eigenvalue weighted by Gasteiger charge is -2.22. The number of benzene rings is 3. The Morgan fingerprint density at radius 3 is 1.77 bits per heavy atom. The molecule has 0 unspecified atom stereocenters. The molecule has 0 fully saturated rings. The van der Waals surface area contributed by atoms with Crippen molar-refractivity contribution in [2.45, 2.75) is 70.9 Å². The first kappa shape index (κ1) is 29.8. The summed E-state index contributed by atoms with van der Waals surface area (Å²) < 4.78 is 11.6. The van der Waals surface area contributed by atoms with Crippen LogP contribution < -0.4 is 20.1 Å². The first-order chi connectivity index (χ1) is 19.1. The van der Waals surface area contributed by atoms with Crippen molar-refractivity contribution in [3.05, 3.63) is 95.6 Å². The zero-order chi connectivity index (χ0) is 27.7. The predicted molar refractivity (Wildman–Crippen MR) is 156 cm³/mol. The van der Waals surface area contributed by atoms with Crippen LogP contribution >= 0.6 is 0 Å². The lowest BCUT2D eigenvalue weighted by Crippen LogP contribution is -2.42. The fourth-order valence-electron chi connectivity index (χ4n) is 4.41. The standard InChI is InChI=1S/C33H42N2O4/c1-3-4-5-6-7-8-15-22-39-29-21-20-28(25-30(29)38-2)33(34-31(36)23-26-16-11-9-12-17-26)35-32(37)24-27-18-13-10-14-19-27/h9-14,16-21,25,33H,3-8,15,22-24H2,1-2H3,(H,34,36)(H,35,37). The van der Waals surface area contributed by atoms with Gasteiger partial charge in [-0.15, -0.1) is 0 Å². The van der Waals surface area contributed by atoms with E-state index in [0.717, 1.165) is 24.0 Å². The lowest BCUT2D eigenvalue weighted by molar-refractivity contribution is -0.123. The topological polar surface area (TPSA) is 76.7 Å². The minimum Gasteiger partial charge on any atom is -0.493 e. The highest BCUT2D eigenvalue weighted by atomic mass is 16.5. The Morgan fingerprint density at radius 1 is 0.692 bits per heavy atom. The van der Waals surface area contributed by atoms with Crippen molar-refractivity contribution in [1.29, 1.82) is 0 Å². The van der Waals surface area contributed by atoms with Crippen molar-refractivity contribution in [2.75, 3.05) is 13.7 Å². The van der Waals surface area contributed by atoms with Crippen molar-refractivity contribution >= 4 is 11.8 Å². The molecule has 0 radical (unpaired) electrons. The Bertz CT molecular complexity index is 1080. The van der Waals surface area contributed by atoms with Gasteiger partial charge < -0.3 is 20.1 Å². The molecular weight excluding hydrogens is 488 g/mol. The number of hydrogen-bond donors (Lipinski definition) is 2. The maximum atomic E-state index is 12.9. The third kappa shape index (κ3) is 10.8. The number of amides is 2. The molecule has 0 aliphatic carbocycles. The molecule has 0 aliphatic heterocycles. The first-order valence-electron chi connectivity index (χ1n) is 14.1. The van der Waals surface area contributed by atoms with E-state index in [1.807, 2.05) is 78.9 Å². The second-order valence-electron chi connectivity index (χ2n) is 9.77. The van der Waals surface area contributed by atoms with Gasteiger partial charge in [0.05, 0.1) is 26.6 Å². The van der Waals surface area contributed by atoms with Crippen molar-refractivity contribution in [1.82, 2.24) is 10.6 Å². The van der Waals surface area contributed by atoms with Gasteiger partial charge in [0.2, 0.25) is 11.8 Å². The van der Waals surface area contributed by atoms with Gasteiger partial charge in [-0.05, 0) is 35.2 Å². The summed E-state index contributed by atoms with van der Waals surface area (Å²) in [5.41, 5.74) is 2.50. The molecule has 0 heterocycles. The second-order valence-corrected chi connectivity index (χ2v) is 9.77. The fourth-order valence-corrected chi connectivity index (χ4v) is 4.41. The second kappa shape index (κ2) is 16.9. The van der Waals surface area contributed by atoms with Gasteiger partial charge >= 0.3 is 0 Å². The van der Waals surface area contributed by atoms with Crippen LogP contribution in [-0.2, 0) is 22.4 Å². The highest BCUT2D eigenvalue weighted by molar-refractivity contribution is 5.82. The van der Waals surface area contributed by atoms with Gasteiger partial charge in [-0.25, -0.2) is 0 Å². The Morgan fingerprint density at radius 2 is 1.23 bits per heavy atom. The van der Waals surface area contributed by atoms with E-state index in [4.69, 9.17) is 9.47 Å². The fraction of sp³-hybridized carbons (Fsp3) is 0.394. The van der Waals surface area contributed by atoms with E-state index in [-0.39, 0.29) is 24.7 Å². The number of unbranched alkanes of at least 4 members (excludes halogenated alkanes) is 6. The Hall–Kier alpha value is -3.80. The molecule has 208 valence electrons. The maximum Gasteiger partial charge on any atom is 0.226 e. The Balaban J connectivity index is 1.66. The molecule has 6 nitrogen and oxygen atoms in total. The average molecular weight is 531 g/mol. The minimum atomic E-state index is -0.719. The van der Waals surface area contributed by atoms with Crippen LogP contribution in [-0.4, -0.2) is 25.5 Å². The molecule has 39 heavy (non-hydrogen) atoms. The summed E-state index contributed by atoms with van der Waals surface area (Å²) in [5, 5.41) is 5.97. The summed E-state index contributed by atoms with van der Waals surface area (Å²) in [7, 11) is 1.59. The van der Waals surface area contributed by atoms with E-state index in [0.29, 0.717) is 23.7 Å². The van der Waals surface area contributed by atoms with Crippen LogP contribution in [0.25, 0.3) is 0 Å². The maximum absolute atomic E-state index is 12.9. The molecule has 3 aromatic rings. The number of nitrogens with one attached hydrogen (secondary N) is 2. The van der Waals surface area contributed by atoms with Crippen LogP contribution in [0.5, 0.6) is 11.5 Å². The van der Waals surface area contributed by atoms with Crippen molar-refractivity contribution in [2.24, 2.45) is 0 Å². The predicted octanol–water partition coefficient (Wildman–Crippen LogP) is 6.54. The molecule has 0 saturated carbocycles. The monoisotopic (exact) mass is 530 g/mol. The van der Waals surface area contributed by atoms with E-state index in [1.165, 1.54) is 32.1 Å². The van der Waals surface area contributed by atoms with Gasteiger partial charge in [0.25, 0.3) is 0 Å². The van der Waals surface area contributed by atoms with Gasteiger partial charge in [0.1, 0.15) is 6.17 Å². The highest BCUT2D eigenvalue weighted by Crippen LogP contribution is 2.30. The number of carbonyl (C=O) groups excluding carboxylic acids is 2.